The van der Waals surface area contributed by atoms with Crippen molar-refractivity contribution in [3.8, 4) is 0 Å². The molecule has 10 heteroatoms. The van der Waals surface area contributed by atoms with Crippen LogP contribution in [-0.4, -0.2) is 54.3 Å². The molecule has 3 N–H and O–H groups in total. The molecule has 0 aromatic carbocycles. The highest BCUT2D eigenvalue weighted by Crippen LogP contribution is 1.95. The van der Waals surface area contributed by atoms with Crippen molar-refractivity contribution < 1.29 is 24.6 Å². The summed E-state index contributed by atoms with van der Waals surface area (Å²) in [6.45, 7) is 0.838. The summed E-state index contributed by atoms with van der Waals surface area (Å²) in [5, 5.41) is 29.5. The van der Waals surface area contributed by atoms with Gasteiger partial charge >= 0.3 is 11.9 Å². The minimum atomic E-state index is -1.17. The zero-order valence-corrected chi connectivity index (χ0v) is 9.40. The molecule has 0 aliphatic carbocycles. The van der Waals surface area contributed by atoms with Gasteiger partial charge in [0.1, 0.15) is 12.6 Å². The predicted molar refractivity (Wildman–Crippen MR) is 54.4 cm³/mol. The number of hydrogen-bond acceptors (Lipinski definition) is 6. The number of carboxylic acids is 2. The van der Waals surface area contributed by atoms with E-state index in [2.05, 4.69) is 20.8 Å². The summed E-state index contributed by atoms with van der Waals surface area (Å²) in [6, 6.07) is -1.04. The number of rotatable bonds is 6. The topological polar surface area (TPSA) is 147 Å². The molecular formula is C8H11N5O5. The molecule has 0 radical (unpaired) electrons. The van der Waals surface area contributed by atoms with E-state index in [0.717, 1.165) is 4.68 Å². The molecule has 1 unspecified atom stereocenters. The van der Waals surface area contributed by atoms with E-state index in [0.29, 0.717) is 0 Å². The maximum absolute atomic E-state index is 11.4. The van der Waals surface area contributed by atoms with E-state index >= 15 is 0 Å². The van der Waals surface area contributed by atoms with Gasteiger partial charge in [-0.3, -0.25) is 14.4 Å². The lowest BCUT2D eigenvalue weighted by molar-refractivity contribution is -0.141. The van der Waals surface area contributed by atoms with Crippen molar-refractivity contribution in [3.63, 3.8) is 0 Å². The van der Waals surface area contributed by atoms with Crippen LogP contribution in [0.25, 0.3) is 0 Å². The molecule has 0 saturated heterocycles. The van der Waals surface area contributed by atoms with E-state index in [-0.39, 0.29) is 12.2 Å². The molecule has 0 bridgehead atoms. The van der Waals surface area contributed by atoms with Crippen molar-refractivity contribution >= 4 is 17.8 Å². The average Bonchev–Trinajstić information content (AvgIpc) is 2.64. The van der Waals surface area contributed by atoms with Gasteiger partial charge < -0.3 is 15.5 Å². The number of carbonyl (C=O) groups excluding carboxylic acids is 1. The highest BCUT2D eigenvalue weighted by atomic mass is 16.4. The van der Waals surface area contributed by atoms with E-state index in [9.17, 15) is 14.4 Å². The fourth-order valence-corrected chi connectivity index (χ4v) is 1.10. The molecule has 1 aromatic heterocycles. The maximum atomic E-state index is 11.4. The molecule has 1 rings (SSSR count). The second-order valence-electron chi connectivity index (χ2n) is 3.45. The molecule has 1 heterocycles. The summed E-state index contributed by atoms with van der Waals surface area (Å²) >= 11 is 0. The number of nitrogens with zero attached hydrogens (tertiary/aromatic N) is 4. The summed E-state index contributed by atoms with van der Waals surface area (Å²) in [5.74, 6) is -2.88. The predicted octanol–water partition coefficient (Wildman–Crippen LogP) is -2.11. The summed E-state index contributed by atoms with van der Waals surface area (Å²) in [5.41, 5.74) is 0. The van der Waals surface area contributed by atoms with Crippen molar-refractivity contribution in [3.05, 3.63) is 5.82 Å². The van der Waals surface area contributed by atoms with E-state index in [1.165, 1.54) is 6.92 Å². The number of carbonyl (C=O) groups is 3. The van der Waals surface area contributed by atoms with Crippen LogP contribution < -0.4 is 5.32 Å². The van der Waals surface area contributed by atoms with Gasteiger partial charge in [0, 0.05) is 0 Å². The van der Waals surface area contributed by atoms with Crippen molar-refractivity contribution in [2.24, 2.45) is 0 Å². The van der Waals surface area contributed by atoms with Crippen LogP contribution in [0.5, 0.6) is 0 Å². The largest absolute Gasteiger partial charge is 0.480 e. The molecule has 0 fully saturated rings. The van der Waals surface area contributed by atoms with E-state index < -0.39 is 30.4 Å². The second-order valence-corrected chi connectivity index (χ2v) is 3.45. The van der Waals surface area contributed by atoms with Crippen LogP contribution in [0.3, 0.4) is 0 Å². The molecule has 0 aliphatic rings. The van der Waals surface area contributed by atoms with Crippen LogP contribution in [-0.2, 0) is 27.3 Å². The van der Waals surface area contributed by atoms with Gasteiger partial charge in [0.15, 0.2) is 5.82 Å². The third kappa shape index (κ3) is 3.81. The van der Waals surface area contributed by atoms with Crippen LogP contribution in [0, 0.1) is 0 Å². The molecular weight excluding hydrogens is 246 g/mol. The lowest BCUT2D eigenvalue weighted by atomic mass is 10.3. The first-order chi connectivity index (χ1) is 8.40. The molecule has 18 heavy (non-hydrogen) atoms. The SMILES string of the molecule is CC(NC(=O)Cc1nnnn1CC(=O)O)C(=O)O. The molecule has 98 valence electrons. The van der Waals surface area contributed by atoms with Gasteiger partial charge in [-0.25, -0.2) is 4.68 Å². The molecule has 0 saturated carbocycles. The van der Waals surface area contributed by atoms with E-state index in [4.69, 9.17) is 10.2 Å². The summed E-state index contributed by atoms with van der Waals surface area (Å²) in [4.78, 5) is 32.4. The summed E-state index contributed by atoms with van der Waals surface area (Å²) in [7, 11) is 0. The number of tetrazole rings is 1. The quantitative estimate of drug-likeness (QED) is 0.524. The van der Waals surface area contributed by atoms with Crippen molar-refractivity contribution in [1.29, 1.82) is 0 Å². The number of carboxylic acid groups (broad SMARTS) is 2. The molecule has 10 nitrogen and oxygen atoms in total. The van der Waals surface area contributed by atoms with Gasteiger partial charge in [0.2, 0.25) is 5.91 Å². The Morgan fingerprint density at radius 1 is 1.39 bits per heavy atom. The smallest absolute Gasteiger partial charge is 0.325 e. The Hall–Kier alpha value is -2.52. The third-order valence-electron chi connectivity index (χ3n) is 1.96. The van der Waals surface area contributed by atoms with Crippen LogP contribution in [0.1, 0.15) is 12.7 Å². The summed E-state index contributed by atoms with van der Waals surface area (Å²) < 4.78 is 0.952. The Bertz CT molecular complexity index is 470. The fraction of sp³-hybridized carbons (Fsp3) is 0.500. The van der Waals surface area contributed by atoms with Gasteiger partial charge in [-0.2, -0.15) is 0 Å². The normalized spacial score (nSPS) is 11.8. The van der Waals surface area contributed by atoms with Crippen LogP contribution in [0.4, 0.5) is 0 Å². The fourth-order valence-electron chi connectivity index (χ4n) is 1.10. The van der Waals surface area contributed by atoms with Gasteiger partial charge in [-0.1, -0.05) is 0 Å². The molecule has 0 spiro atoms. The Balaban J connectivity index is 2.62. The number of aliphatic carboxylic acids is 2. The first-order valence-electron chi connectivity index (χ1n) is 4.89. The standard InChI is InChI=1S/C8H11N5O5/c1-4(8(17)18)9-6(14)2-5-10-11-12-13(5)3-7(15)16/h4H,2-3H2,1H3,(H,9,14)(H,15,16)(H,17,18). The Morgan fingerprint density at radius 2 is 2.06 bits per heavy atom. The highest BCUT2D eigenvalue weighted by molar-refractivity contribution is 5.84. The molecule has 0 aliphatic heterocycles. The summed E-state index contributed by atoms with van der Waals surface area (Å²) in [6.07, 6.45) is -0.294. The highest BCUT2D eigenvalue weighted by Gasteiger charge is 2.17. The zero-order chi connectivity index (χ0) is 13.7. The van der Waals surface area contributed by atoms with E-state index in [1.54, 1.807) is 0 Å². The first kappa shape index (κ1) is 13.5. The van der Waals surface area contributed by atoms with Gasteiger partial charge in [0.05, 0.1) is 6.42 Å². The van der Waals surface area contributed by atoms with Crippen LogP contribution >= 0.6 is 0 Å². The third-order valence-corrected chi connectivity index (χ3v) is 1.96. The number of hydrogen-bond donors (Lipinski definition) is 3. The zero-order valence-electron chi connectivity index (χ0n) is 9.40. The monoisotopic (exact) mass is 257 g/mol. The molecule has 1 amide bonds. The van der Waals surface area contributed by atoms with Crippen LogP contribution in [0.2, 0.25) is 0 Å². The number of amides is 1. The Kier molecular flexibility index (Phi) is 4.29. The lowest BCUT2D eigenvalue weighted by Crippen LogP contribution is -2.39. The second kappa shape index (κ2) is 5.70. The van der Waals surface area contributed by atoms with Crippen molar-refractivity contribution in [1.82, 2.24) is 25.5 Å². The Labute approximate surface area is 101 Å². The number of nitrogens with one attached hydrogen (secondary N) is 1. The Morgan fingerprint density at radius 3 is 2.61 bits per heavy atom. The maximum Gasteiger partial charge on any atom is 0.325 e. The van der Waals surface area contributed by atoms with Crippen LogP contribution in [0.15, 0.2) is 0 Å². The van der Waals surface area contributed by atoms with Crippen molar-refractivity contribution in [2.75, 3.05) is 0 Å². The first-order valence-corrected chi connectivity index (χ1v) is 4.89. The van der Waals surface area contributed by atoms with Gasteiger partial charge in [0.25, 0.3) is 0 Å². The van der Waals surface area contributed by atoms with E-state index in [1.807, 2.05) is 0 Å². The minimum absolute atomic E-state index is 0.0486. The molecule has 1 aromatic rings. The van der Waals surface area contributed by atoms with Crippen molar-refractivity contribution in [2.45, 2.75) is 25.9 Å². The van der Waals surface area contributed by atoms with Gasteiger partial charge in [-0.05, 0) is 17.4 Å². The molecule has 1 atom stereocenters. The number of aromatic nitrogens is 4. The average molecular weight is 257 g/mol. The minimum Gasteiger partial charge on any atom is -0.480 e. The lowest BCUT2D eigenvalue weighted by Gasteiger charge is -2.08. The van der Waals surface area contributed by atoms with Gasteiger partial charge in [-0.15, -0.1) is 5.10 Å².